The zero-order valence-corrected chi connectivity index (χ0v) is 11.5. The van der Waals surface area contributed by atoms with E-state index in [4.69, 9.17) is 10.5 Å². The highest BCUT2D eigenvalue weighted by atomic mass is 16.5. The van der Waals surface area contributed by atoms with E-state index in [1.165, 1.54) is 0 Å². The summed E-state index contributed by atoms with van der Waals surface area (Å²) in [7, 11) is 0. The molecule has 5 heteroatoms. The molecule has 0 aliphatic rings. The fraction of sp³-hybridized carbons (Fsp3) is 0.0625. The molecule has 104 valence electrons. The van der Waals surface area contributed by atoms with Crippen LogP contribution in [0.5, 0.6) is 11.8 Å². The van der Waals surface area contributed by atoms with Crippen LogP contribution in [-0.4, -0.2) is 15.0 Å². The van der Waals surface area contributed by atoms with Crippen LogP contribution in [0, 0.1) is 6.92 Å². The summed E-state index contributed by atoms with van der Waals surface area (Å²) >= 11 is 0. The van der Waals surface area contributed by atoms with Gasteiger partial charge in [-0.15, -0.1) is 0 Å². The molecule has 2 heterocycles. The van der Waals surface area contributed by atoms with Crippen molar-refractivity contribution >= 4 is 5.82 Å². The number of ether oxygens (including phenoxy) is 1. The molecule has 0 fully saturated rings. The van der Waals surface area contributed by atoms with Gasteiger partial charge in [-0.1, -0.05) is 18.2 Å². The van der Waals surface area contributed by atoms with Crippen molar-refractivity contribution in [1.82, 2.24) is 15.0 Å². The van der Waals surface area contributed by atoms with Gasteiger partial charge in [-0.2, -0.15) is 0 Å². The van der Waals surface area contributed by atoms with E-state index >= 15 is 0 Å². The van der Waals surface area contributed by atoms with Gasteiger partial charge < -0.3 is 10.5 Å². The number of nitrogen functional groups attached to an aromatic ring is 1. The summed E-state index contributed by atoms with van der Waals surface area (Å²) in [4.78, 5) is 12.6. The van der Waals surface area contributed by atoms with Crippen LogP contribution in [-0.2, 0) is 0 Å². The summed E-state index contributed by atoms with van der Waals surface area (Å²) in [5, 5.41) is 0. The molecule has 2 aromatic heterocycles. The number of aromatic nitrogens is 3. The first-order valence-corrected chi connectivity index (χ1v) is 6.51. The lowest BCUT2D eigenvalue weighted by molar-refractivity contribution is 0.442. The fourth-order valence-electron chi connectivity index (χ4n) is 1.92. The van der Waals surface area contributed by atoms with E-state index in [2.05, 4.69) is 15.0 Å². The van der Waals surface area contributed by atoms with Crippen molar-refractivity contribution in [3.8, 4) is 22.9 Å². The molecule has 3 rings (SSSR count). The van der Waals surface area contributed by atoms with Gasteiger partial charge in [0, 0.05) is 29.2 Å². The number of hydrogen-bond donors (Lipinski definition) is 1. The Morgan fingerprint density at radius 3 is 2.33 bits per heavy atom. The number of nitrogens with zero attached hydrogens (tertiary/aromatic N) is 3. The van der Waals surface area contributed by atoms with E-state index in [1.807, 2.05) is 49.4 Å². The molecular weight excluding hydrogens is 264 g/mol. The standard InChI is InChI=1S/C16H14N4O/c1-11-7-8-14(15(17)20-11)12-9-18-16(19-10-12)21-13-5-3-2-4-6-13/h2-10H,1H3,(H2,17,20). The first kappa shape index (κ1) is 13.1. The lowest BCUT2D eigenvalue weighted by Crippen LogP contribution is -1.97. The van der Waals surface area contributed by atoms with Crippen molar-refractivity contribution in [1.29, 1.82) is 0 Å². The normalized spacial score (nSPS) is 10.3. The van der Waals surface area contributed by atoms with E-state index in [9.17, 15) is 0 Å². The van der Waals surface area contributed by atoms with Crippen LogP contribution in [0.2, 0.25) is 0 Å². The number of pyridine rings is 1. The molecule has 0 bridgehead atoms. The Labute approximate surface area is 122 Å². The first-order valence-electron chi connectivity index (χ1n) is 6.51. The topological polar surface area (TPSA) is 73.9 Å². The Bertz CT molecular complexity index is 742. The van der Waals surface area contributed by atoms with Crippen LogP contribution >= 0.6 is 0 Å². The summed E-state index contributed by atoms with van der Waals surface area (Å²) in [6.07, 6.45) is 3.35. The quantitative estimate of drug-likeness (QED) is 0.796. The second-order valence-corrected chi connectivity index (χ2v) is 4.55. The maximum Gasteiger partial charge on any atom is 0.321 e. The second-order valence-electron chi connectivity index (χ2n) is 4.55. The third-order valence-corrected chi connectivity index (χ3v) is 2.96. The average molecular weight is 278 g/mol. The first-order chi connectivity index (χ1) is 10.2. The summed E-state index contributed by atoms with van der Waals surface area (Å²) in [5.74, 6) is 1.16. The Hall–Kier alpha value is -2.95. The zero-order chi connectivity index (χ0) is 14.7. The lowest BCUT2D eigenvalue weighted by atomic mass is 10.1. The van der Waals surface area contributed by atoms with Crippen molar-refractivity contribution in [2.24, 2.45) is 0 Å². The summed E-state index contributed by atoms with van der Waals surface area (Å²) in [6.45, 7) is 1.90. The third kappa shape index (κ3) is 2.97. The molecule has 0 saturated heterocycles. The van der Waals surface area contributed by atoms with Gasteiger partial charge in [0.1, 0.15) is 11.6 Å². The highest BCUT2D eigenvalue weighted by Gasteiger charge is 2.06. The number of hydrogen-bond acceptors (Lipinski definition) is 5. The Morgan fingerprint density at radius 1 is 0.952 bits per heavy atom. The van der Waals surface area contributed by atoms with Gasteiger partial charge in [0.25, 0.3) is 0 Å². The van der Waals surface area contributed by atoms with Crippen molar-refractivity contribution in [2.75, 3.05) is 5.73 Å². The molecule has 0 amide bonds. The van der Waals surface area contributed by atoms with E-state index < -0.39 is 0 Å². The number of benzene rings is 1. The lowest BCUT2D eigenvalue weighted by Gasteiger charge is -2.06. The molecule has 0 aliphatic heterocycles. The third-order valence-electron chi connectivity index (χ3n) is 2.96. The van der Waals surface area contributed by atoms with Crippen molar-refractivity contribution in [3.05, 3.63) is 60.6 Å². The summed E-state index contributed by atoms with van der Waals surface area (Å²) < 4.78 is 5.55. The van der Waals surface area contributed by atoms with Crippen LogP contribution in [0.4, 0.5) is 5.82 Å². The van der Waals surface area contributed by atoms with E-state index in [1.54, 1.807) is 12.4 Å². The fourth-order valence-corrected chi connectivity index (χ4v) is 1.92. The van der Waals surface area contributed by atoms with Crippen molar-refractivity contribution < 1.29 is 4.74 Å². The molecule has 0 unspecified atom stereocenters. The predicted octanol–water partition coefficient (Wildman–Crippen LogP) is 3.22. The minimum atomic E-state index is 0.295. The van der Waals surface area contributed by atoms with E-state index in [0.29, 0.717) is 17.6 Å². The minimum Gasteiger partial charge on any atom is -0.424 e. The second kappa shape index (κ2) is 5.58. The molecule has 5 nitrogen and oxygen atoms in total. The zero-order valence-electron chi connectivity index (χ0n) is 11.5. The molecular formula is C16H14N4O. The molecule has 1 aromatic carbocycles. The Kier molecular flexibility index (Phi) is 3.47. The van der Waals surface area contributed by atoms with Crippen LogP contribution in [0.15, 0.2) is 54.9 Å². The van der Waals surface area contributed by atoms with Crippen LogP contribution in [0.25, 0.3) is 11.1 Å². The van der Waals surface area contributed by atoms with Gasteiger partial charge in [-0.05, 0) is 31.2 Å². The van der Waals surface area contributed by atoms with Crippen LogP contribution < -0.4 is 10.5 Å². The monoisotopic (exact) mass is 278 g/mol. The van der Waals surface area contributed by atoms with Crippen LogP contribution in [0.3, 0.4) is 0 Å². The van der Waals surface area contributed by atoms with Gasteiger partial charge in [0.15, 0.2) is 0 Å². The van der Waals surface area contributed by atoms with Gasteiger partial charge in [0.2, 0.25) is 0 Å². The van der Waals surface area contributed by atoms with Crippen LogP contribution in [0.1, 0.15) is 5.69 Å². The molecule has 0 aliphatic carbocycles. The van der Waals surface area contributed by atoms with E-state index in [-0.39, 0.29) is 0 Å². The molecule has 21 heavy (non-hydrogen) atoms. The molecule has 0 spiro atoms. The molecule has 0 radical (unpaired) electrons. The predicted molar refractivity (Wildman–Crippen MR) is 80.9 cm³/mol. The highest BCUT2D eigenvalue weighted by Crippen LogP contribution is 2.24. The number of para-hydroxylation sites is 1. The Morgan fingerprint density at radius 2 is 1.67 bits per heavy atom. The van der Waals surface area contributed by atoms with Gasteiger partial charge >= 0.3 is 6.01 Å². The smallest absolute Gasteiger partial charge is 0.321 e. The summed E-state index contributed by atoms with van der Waals surface area (Å²) in [6, 6.07) is 13.5. The van der Waals surface area contributed by atoms with Gasteiger partial charge in [-0.3, -0.25) is 0 Å². The van der Waals surface area contributed by atoms with Crippen molar-refractivity contribution in [3.63, 3.8) is 0 Å². The molecule has 2 N–H and O–H groups in total. The number of aryl methyl sites for hydroxylation is 1. The molecule has 3 aromatic rings. The average Bonchev–Trinajstić information content (AvgIpc) is 2.49. The number of rotatable bonds is 3. The summed E-state index contributed by atoms with van der Waals surface area (Å²) in [5.41, 5.74) is 8.41. The van der Waals surface area contributed by atoms with E-state index in [0.717, 1.165) is 16.8 Å². The Balaban J connectivity index is 1.84. The maximum absolute atomic E-state index is 5.92. The highest BCUT2D eigenvalue weighted by molar-refractivity contribution is 5.72. The van der Waals surface area contributed by atoms with Gasteiger partial charge in [-0.25, -0.2) is 15.0 Å². The largest absolute Gasteiger partial charge is 0.424 e. The van der Waals surface area contributed by atoms with Gasteiger partial charge in [0.05, 0.1) is 0 Å². The molecule has 0 saturated carbocycles. The maximum atomic E-state index is 5.92. The van der Waals surface area contributed by atoms with Crippen molar-refractivity contribution in [2.45, 2.75) is 6.92 Å². The number of nitrogens with two attached hydrogens (primary N) is 1. The molecule has 0 atom stereocenters. The number of anilines is 1. The SMILES string of the molecule is Cc1ccc(-c2cnc(Oc3ccccc3)nc2)c(N)n1. The minimum absolute atomic E-state index is 0.295.